The molecule has 0 aromatic rings. The molecule has 0 amide bonds. The van der Waals surface area contributed by atoms with Gasteiger partial charge in [0.25, 0.3) is 0 Å². The minimum Gasteiger partial charge on any atom is -0.535 e. The average Bonchev–Trinajstić information content (AvgIpc) is 2.42. The van der Waals surface area contributed by atoms with Crippen LogP contribution >= 0.6 is 0 Å². The minimum absolute atomic E-state index is 0. The van der Waals surface area contributed by atoms with Gasteiger partial charge in [0, 0.05) is 37.2 Å². The largest absolute Gasteiger partial charge is 0.535 e. The van der Waals surface area contributed by atoms with Gasteiger partial charge in [-0.05, 0) is 0 Å². The summed E-state index contributed by atoms with van der Waals surface area (Å²) in [5, 5.41) is 18.4. The van der Waals surface area contributed by atoms with E-state index < -0.39 is 17.8 Å². The van der Waals surface area contributed by atoms with E-state index in [1.807, 2.05) is 0 Å². The van der Waals surface area contributed by atoms with Crippen LogP contribution in [0.15, 0.2) is 12.3 Å². The van der Waals surface area contributed by atoms with Crippen molar-refractivity contribution in [2.24, 2.45) is 0 Å². The zero-order valence-corrected chi connectivity index (χ0v) is 10.5. The first-order valence-electron chi connectivity index (χ1n) is 3.37. The molecule has 2 aliphatic heterocycles. The van der Waals surface area contributed by atoms with E-state index >= 15 is 0 Å². The molecule has 0 aromatic carbocycles. The van der Waals surface area contributed by atoms with E-state index in [-0.39, 0.29) is 37.7 Å². The number of aliphatic hydroxyl groups excluding tert-OH is 2. The van der Waals surface area contributed by atoms with E-state index in [4.69, 9.17) is 14.6 Å². The number of ether oxygens (including phenoxy) is 2. The first kappa shape index (κ1) is 10.6. The van der Waals surface area contributed by atoms with Crippen molar-refractivity contribution in [2.45, 2.75) is 17.8 Å². The maximum atomic E-state index is 9.45. The minimum atomic E-state index is -1.09. The van der Waals surface area contributed by atoms with Crippen LogP contribution in [0.5, 0.6) is 0 Å². The van der Waals surface area contributed by atoms with Crippen molar-refractivity contribution in [3.05, 3.63) is 18.9 Å². The fourth-order valence-corrected chi connectivity index (χ4v) is 1.40. The SMILES string of the molecule is C=C1O[C@H]2[CH-]O[C@]1(CO)[C@H]2O.[U]. The van der Waals surface area contributed by atoms with E-state index in [2.05, 4.69) is 6.58 Å². The predicted octanol–water partition coefficient (Wildman–Crippen LogP) is -0.817. The van der Waals surface area contributed by atoms with Gasteiger partial charge in [0.2, 0.25) is 0 Å². The zero-order valence-electron chi connectivity index (χ0n) is 6.36. The van der Waals surface area contributed by atoms with Gasteiger partial charge in [-0.2, -0.15) is 6.61 Å². The average molecular weight is 395 g/mol. The molecule has 2 bridgehead atoms. The molecule has 66 valence electrons. The van der Waals surface area contributed by atoms with E-state index in [1.165, 1.54) is 6.61 Å². The topological polar surface area (TPSA) is 58.9 Å². The van der Waals surface area contributed by atoms with Crippen LogP contribution in [0.3, 0.4) is 0 Å². The Hall–Kier alpha value is 0.472. The van der Waals surface area contributed by atoms with E-state index in [9.17, 15) is 5.11 Å². The van der Waals surface area contributed by atoms with Crippen molar-refractivity contribution in [3.63, 3.8) is 0 Å². The molecule has 2 heterocycles. The third-order valence-electron chi connectivity index (χ3n) is 2.19. The van der Waals surface area contributed by atoms with Crippen molar-refractivity contribution < 1.29 is 50.8 Å². The molecular formula is C7H9O4U-. The summed E-state index contributed by atoms with van der Waals surface area (Å²) in [6, 6.07) is 0. The third-order valence-corrected chi connectivity index (χ3v) is 2.19. The summed E-state index contributed by atoms with van der Waals surface area (Å²) in [6.07, 6.45) is -1.28. The fraction of sp³-hybridized carbons (Fsp3) is 0.571. The molecule has 12 heavy (non-hydrogen) atoms. The van der Waals surface area contributed by atoms with Crippen LogP contribution < -0.4 is 0 Å². The summed E-state index contributed by atoms with van der Waals surface area (Å²) in [4.78, 5) is 0. The molecule has 0 aliphatic carbocycles. The molecule has 2 rings (SSSR count). The molecule has 2 aliphatic rings. The predicted molar refractivity (Wildman–Crippen MR) is 35.2 cm³/mol. The van der Waals surface area contributed by atoms with Gasteiger partial charge in [0.1, 0.15) is 17.5 Å². The second kappa shape index (κ2) is 3.32. The van der Waals surface area contributed by atoms with Crippen molar-refractivity contribution in [1.29, 1.82) is 0 Å². The molecule has 3 atom stereocenters. The Kier molecular flexibility index (Phi) is 2.92. The van der Waals surface area contributed by atoms with Crippen LogP contribution in [0, 0.1) is 37.7 Å². The van der Waals surface area contributed by atoms with E-state index in [0.717, 1.165) is 0 Å². The summed E-state index contributed by atoms with van der Waals surface area (Å²) >= 11 is 0. The van der Waals surface area contributed by atoms with Crippen molar-refractivity contribution in [3.8, 4) is 0 Å². The maximum Gasteiger partial charge on any atom is 0.144 e. The van der Waals surface area contributed by atoms with Gasteiger partial charge in [0.05, 0.1) is 6.61 Å². The molecule has 4 nitrogen and oxygen atoms in total. The summed E-state index contributed by atoms with van der Waals surface area (Å²) in [6.45, 7) is 4.62. The first-order chi connectivity index (χ1) is 5.20. The molecule has 2 fully saturated rings. The van der Waals surface area contributed by atoms with Gasteiger partial charge in [-0.25, -0.2) is 0 Å². The molecule has 0 saturated carbocycles. The van der Waals surface area contributed by atoms with Crippen molar-refractivity contribution >= 4 is 0 Å². The standard InChI is InChI=1S/C7H9O4.U/c1-4-7(3-8)6(9)5(11-4)2-10-7;/h2,5-6,8-9H,1,3H2;/q-1;/t5-,6-,7-;/m0./s1. The number of fused-ring (bicyclic) bond motifs is 2. The van der Waals surface area contributed by atoms with Crippen LogP contribution in [0.25, 0.3) is 0 Å². The summed E-state index contributed by atoms with van der Waals surface area (Å²) < 4.78 is 10.1. The Balaban J connectivity index is 0.000000720. The van der Waals surface area contributed by atoms with Gasteiger partial charge < -0.3 is 19.7 Å². The van der Waals surface area contributed by atoms with E-state index in [0.29, 0.717) is 5.76 Å². The van der Waals surface area contributed by atoms with Crippen LogP contribution in [-0.4, -0.2) is 34.6 Å². The first-order valence-corrected chi connectivity index (χ1v) is 3.37. The monoisotopic (exact) mass is 395 g/mol. The van der Waals surface area contributed by atoms with Crippen molar-refractivity contribution in [2.75, 3.05) is 6.61 Å². The molecule has 0 unspecified atom stereocenters. The molecular weight excluding hydrogens is 386 g/mol. The van der Waals surface area contributed by atoms with Gasteiger partial charge in [-0.1, -0.05) is 6.58 Å². The molecule has 0 spiro atoms. The Bertz CT molecular complexity index is 208. The second-order valence-electron chi connectivity index (χ2n) is 2.75. The van der Waals surface area contributed by atoms with Crippen LogP contribution in [0.4, 0.5) is 0 Å². The summed E-state index contributed by atoms with van der Waals surface area (Å²) in [5.74, 6) is 0.306. The molecule has 2 N–H and O–H groups in total. The number of hydrogen-bond donors (Lipinski definition) is 2. The quantitative estimate of drug-likeness (QED) is 0.570. The van der Waals surface area contributed by atoms with Crippen LogP contribution in [0.2, 0.25) is 0 Å². The fourth-order valence-electron chi connectivity index (χ4n) is 1.40. The van der Waals surface area contributed by atoms with Gasteiger partial charge in [-0.3, -0.25) is 0 Å². The number of rotatable bonds is 1. The molecule has 2 saturated heterocycles. The van der Waals surface area contributed by atoms with Crippen molar-refractivity contribution in [1.82, 2.24) is 0 Å². The Morgan fingerprint density at radius 3 is 2.58 bits per heavy atom. The second-order valence-corrected chi connectivity index (χ2v) is 2.75. The van der Waals surface area contributed by atoms with Gasteiger partial charge in [0.15, 0.2) is 0 Å². The van der Waals surface area contributed by atoms with Gasteiger partial charge >= 0.3 is 0 Å². The zero-order chi connectivity index (χ0) is 8.06. The molecule has 5 heteroatoms. The normalized spacial score (nSPS) is 44.0. The van der Waals surface area contributed by atoms with Crippen LogP contribution in [0.1, 0.15) is 0 Å². The van der Waals surface area contributed by atoms with Gasteiger partial charge in [-0.15, -0.1) is 0 Å². The smallest absolute Gasteiger partial charge is 0.144 e. The maximum absolute atomic E-state index is 9.45. The summed E-state index contributed by atoms with van der Waals surface area (Å²) in [5.41, 5.74) is -1.09. The number of hydrogen-bond acceptors (Lipinski definition) is 4. The Morgan fingerprint density at radius 1 is 1.67 bits per heavy atom. The third kappa shape index (κ3) is 1.08. The Morgan fingerprint density at radius 2 is 2.33 bits per heavy atom. The van der Waals surface area contributed by atoms with E-state index in [1.54, 1.807) is 0 Å². The molecule has 0 radical (unpaired) electrons. The summed E-state index contributed by atoms with van der Waals surface area (Å²) in [7, 11) is 0. The number of aliphatic hydroxyl groups is 2. The molecule has 0 aromatic heterocycles. The Labute approximate surface area is 93.9 Å². The van der Waals surface area contributed by atoms with Crippen LogP contribution in [-0.2, 0) is 9.47 Å².